The topological polar surface area (TPSA) is 28.7 Å². The summed E-state index contributed by atoms with van der Waals surface area (Å²) in [5.74, 6) is 0.553. The van der Waals surface area contributed by atoms with Crippen LogP contribution in [0.15, 0.2) is 73.2 Å². The number of imidazole rings is 1. The molecule has 0 aliphatic heterocycles. The van der Waals surface area contributed by atoms with Crippen LogP contribution < -0.4 is 0 Å². The fourth-order valence-corrected chi connectivity index (χ4v) is 2.78. The molecule has 0 spiro atoms. The molecule has 0 saturated carbocycles. The number of nitrogens with one attached hydrogen (secondary N) is 1. The zero-order valence-corrected chi connectivity index (χ0v) is 14.8. The standard InChI is InChI=1S/C16H19B.C5H8N2/c17-13-7-12-16(14-8-3-1-4-9-14)15-10-5-2-6-11-15;1-2-5-3-6-4-7-5/h1-6,8-11,16H,7,12-13,17H2;3-4H,2H2,1H3,(H,6,7). The molecular weight excluding hydrogens is 291 g/mol. The molecule has 0 aliphatic carbocycles. The molecule has 1 aromatic heterocycles. The zero-order chi connectivity index (χ0) is 17.0. The summed E-state index contributed by atoms with van der Waals surface area (Å²) in [6.45, 7) is 2.09. The molecule has 0 radical (unpaired) electrons. The normalized spacial score (nSPS) is 10.2. The summed E-state index contributed by atoms with van der Waals surface area (Å²) in [7, 11) is 2.26. The largest absolute Gasteiger partial charge is 0.349 e. The lowest BCUT2D eigenvalue weighted by Crippen LogP contribution is -2.00. The van der Waals surface area contributed by atoms with Gasteiger partial charge in [0.05, 0.1) is 6.33 Å². The quantitative estimate of drug-likeness (QED) is 0.660. The van der Waals surface area contributed by atoms with E-state index in [1.54, 1.807) is 6.33 Å². The van der Waals surface area contributed by atoms with E-state index in [0.29, 0.717) is 5.92 Å². The third-order valence-corrected chi connectivity index (χ3v) is 4.19. The maximum Gasteiger partial charge on any atom is 0.101 e. The third kappa shape index (κ3) is 5.73. The number of aromatic nitrogens is 2. The summed E-state index contributed by atoms with van der Waals surface area (Å²) < 4.78 is 0. The van der Waals surface area contributed by atoms with E-state index >= 15 is 0 Å². The van der Waals surface area contributed by atoms with E-state index in [2.05, 4.69) is 85.4 Å². The Kier molecular flexibility index (Phi) is 7.89. The average Bonchev–Trinajstić information content (AvgIpc) is 3.18. The van der Waals surface area contributed by atoms with Crippen molar-refractivity contribution in [3.63, 3.8) is 0 Å². The van der Waals surface area contributed by atoms with Crippen molar-refractivity contribution in [2.45, 2.75) is 38.4 Å². The minimum absolute atomic E-state index is 0.553. The lowest BCUT2D eigenvalue weighted by atomic mass is 9.85. The third-order valence-electron chi connectivity index (χ3n) is 4.19. The second kappa shape index (κ2) is 10.5. The second-order valence-electron chi connectivity index (χ2n) is 5.95. The molecule has 0 amide bonds. The molecular formula is C21H27BN2. The van der Waals surface area contributed by atoms with Crippen LogP contribution in [-0.4, -0.2) is 17.8 Å². The van der Waals surface area contributed by atoms with Crippen molar-refractivity contribution in [1.82, 2.24) is 9.97 Å². The first-order chi connectivity index (χ1) is 11.8. The van der Waals surface area contributed by atoms with Gasteiger partial charge in [0.2, 0.25) is 0 Å². The highest BCUT2D eigenvalue weighted by molar-refractivity contribution is 6.08. The molecule has 2 aromatic carbocycles. The van der Waals surface area contributed by atoms with Gasteiger partial charge in [-0.25, -0.2) is 4.98 Å². The first-order valence-electron chi connectivity index (χ1n) is 8.92. The average molecular weight is 318 g/mol. The zero-order valence-electron chi connectivity index (χ0n) is 14.8. The van der Waals surface area contributed by atoms with Gasteiger partial charge in [0.15, 0.2) is 0 Å². The van der Waals surface area contributed by atoms with Crippen LogP contribution in [0.25, 0.3) is 0 Å². The number of benzene rings is 2. The highest BCUT2D eigenvalue weighted by Gasteiger charge is 2.12. The maximum absolute atomic E-state index is 3.84. The highest BCUT2D eigenvalue weighted by Crippen LogP contribution is 2.29. The van der Waals surface area contributed by atoms with Crippen molar-refractivity contribution in [2.24, 2.45) is 0 Å². The van der Waals surface area contributed by atoms with Crippen molar-refractivity contribution < 1.29 is 0 Å². The number of aromatic amines is 1. The second-order valence-corrected chi connectivity index (χ2v) is 5.95. The SMILES string of the molecule is BCCCC(c1ccccc1)c1ccccc1.CCc1cnc[nH]1. The van der Waals surface area contributed by atoms with Gasteiger partial charge in [-0.2, -0.15) is 0 Å². The van der Waals surface area contributed by atoms with Crippen LogP contribution in [0.2, 0.25) is 6.32 Å². The molecule has 3 aromatic rings. The molecule has 1 heterocycles. The van der Waals surface area contributed by atoms with Gasteiger partial charge < -0.3 is 4.98 Å². The minimum atomic E-state index is 0.553. The van der Waals surface area contributed by atoms with Gasteiger partial charge in [-0.3, -0.25) is 0 Å². The molecule has 0 aliphatic rings. The van der Waals surface area contributed by atoms with Crippen LogP contribution in [0.4, 0.5) is 0 Å². The molecule has 24 heavy (non-hydrogen) atoms. The fourth-order valence-electron chi connectivity index (χ4n) is 2.78. The Bertz CT molecular complexity index is 611. The van der Waals surface area contributed by atoms with E-state index < -0.39 is 0 Å². The van der Waals surface area contributed by atoms with E-state index in [1.165, 1.54) is 36.0 Å². The van der Waals surface area contributed by atoms with Gasteiger partial charge in [0, 0.05) is 17.8 Å². The molecule has 0 bridgehead atoms. The number of hydrogen-bond acceptors (Lipinski definition) is 1. The van der Waals surface area contributed by atoms with E-state index in [4.69, 9.17) is 0 Å². The first-order valence-corrected chi connectivity index (χ1v) is 8.92. The molecule has 3 rings (SSSR count). The van der Waals surface area contributed by atoms with Crippen LogP contribution in [0, 0.1) is 0 Å². The number of nitrogens with zero attached hydrogens (tertiary/aromatic N) is 1. The van der Waals surface area contributed by atoms with E-state index in [0.717, 1.165) is 6.42 Å². The molecule has 1 N–H and O–H groups in total. The fraction of sp³-hybridized carbons (Fsp3) is 0.286. The number of rotatable bonds is 6. The maximum atomic E-state index is 3.84. The van der Waals surface area contributed by atoms with Gasteiger partial charge in [-0.15, -0.1) is 0 Å². The van der Waals surface area contributed by atoms with E-state index in [-0.39, 0.29) is 0 Å². The van der Waals surface area contributed by atoms with Gasteiger partial charge in [-0.1, -0.05) is 80.3 Å². The van der Waals surface area contributed by atoms with Crippen LogP contribution in [0.5, 0.6) is 0 Å². The predicted molar refractivity (Wildman–Crippen MR) is 105 cm³/mol. The number of H-pyrrole nitrogens is 1. The monoisotopic (exact) mass is 318 g/mol. The van der Waals surface area contributed by atoms with Gasteiger partial charge >= 0.3 is 0 Å². The van der Waals surface area contributed by atoms with Gasteiger partial charge in [0.25, 0.3) is 0 Å². The predicted octanol–water partition coefficient (Wildman–Crippen LogP) is 4.62. The number of aryl methyl sites for hydroxylation is 1. The van der Waals surface area contributed by atoms with Crippen LogP contribution >= 0.6 is 0 Å². The molecule has 2 nitrogen and oxygen atoms in total. The Balaban J connectivity index is 0.000000249. The van der Waals surface area contributed by atoms with Gasteiger partial charge in [-0.05, 0) is 24.0 Å². The van der Waals surface area contributed by atoms with Crippen LogP contribution in [-0.2, 0) is 6.42 Å². The van der Waals surface area contributed by atoms with Crippen molar-refractivity contribution in [3.05, 3.63) is 90.0 Å². The van der Waals surface area contributed by atoms with Gasteiger partial charge in [0.1, 0.15) is 7.85 Å². The Morgan fingerprint density at radius 1 is 0.958 bits per heavy atom. The number of hydrogen-bond donors (Lipinski definition) is 1. The molecule has 0 fully saturated rings. The first kappa shape index (κ1) is 18.1. The minimum Gasteiger partial charge on any atom is -0.349 e. The Morgan fingerprint density at radius 2 is 1.54 bits per heavy atom. The van der Waals surface area contributed by atoms with Crippen molar-refractivity contribution in [1.29, 1.82) is 0 Å². The lowest BCUT2D eigenvalue weighted by Gasteiger charge is -2.17. The Hall–Kier alpha value is -2.29. The van der Waals surface area contributed by atoms with Crippen molar-refractivity contribution >= 4 is 7.85 Å². The highest BCUT2D eigenvalue weighted by atomic mass is 14.8. The smallest absolute Gasteiger partial charge is 0.101 e. The Labute approximate surface area is 146 Å². The van der Waals surface area contributed by atoms with E-state index in [1.807, 2.05) is 6.20 Å². The molecule has 3 heteroatoms. The molecule has 0 atom stereocenters. The van der Waals surface area contributed by atoms with Crippen LogP contribution in [0.3, 0.4) is 0 Å². The molecule has 0 saturated heterocycles. The summed E-state index contributed by atoms with van der Waals surface area (Å²) in [6.07, 6.45) is 8.36. The summed E-state index contributed by atoms with van der Waals surface area (Å²) in [5, 5.41) is 0. The van der Waals surface area contributed by atoms with Crippen molar-refractivity contribution in [3.8, 4) is 0 Å². The summed E-state index contributed by atoms with van der Waals surface area (Å²) in [4.78, 5) is 6.81. The van der Waals surface area contributed by atoms with E-state index in [9.17, 15) is 0 Å². The Morgan fingerprint density at radius 3 is 1.92 bits per heavy atom. The lowest BCUT2D eigenvalue weighted by molar-refractivity contribution is 0.698. The molecule has 0 unspecified atom stereocenters. The van der Waals surface area contributed by atoms with Crippen molar-refractivity contribution in [2.75, 3.05) is 0 Å². The summed E-state index contributed by atoms with van der Waals surface area (Å²) in [6, 6.07) is 21.7. The van der Waals surface area contributed by atoms with Crippen LogP contribution in [0.1, 0.15) is 42.5 Å². The summed E-state index contributed by atoms with van der Waals surface area (Å²) in [5.41, 5.74) is 4.07. The molecule has 124 valence electrons. The summed E-state index contributed by atoms with van der Waals surface area (Å²) >= 11 is 0.